The first-order valence-corrected chi connectivity index (χ1v) is 10.8. The summed E-state index contributed by atoms with van der Waals surface area (Å²) in [4.78, 5) is 25.6. The Morgan fingerprint density at radius 3 is 2.61 bits per heavy atom. The van der Waals surface area contributed by atoms with Gasteiger partial charge in [0.15, 0.2) is 5.43 Å². The summed E-state index contributed by atoms with van der Waals surface area (Å²) in [5.41, 5.74) is 1.25. The Balaban J connectivity index is 1.31. The highest BCUT2D eigenvalue weighted by atomic mass is 16.5. The molecule has 8 nitrogen and oxygen atoms in total. The van der Waals surface area contributed by atoms with Gasteiger partial charge in [0.05, 0.1) is 6.26 Å². The van der Waals surface area contributed by atoms with Crippen molar-refractivity contribution in [3.8, 4) is 17.4 Å². The first-order valence-electron chi connectivity index (χ1n) is 10.8. The van der Waals surface area contributed by atoms with Gasteiger partial charge in [-0.15, -0.1) is 0 Å². The van der Waals surface area contributed by atoms with Gasteiger partial charge in [-0.05, 0) is 12.5 Å². The second kappa shape index (κ2) is 8.91. The number of aryl methyl sites for hydroxylation is 1. The van der Waals surface area contributed by atoms with Gasteiger partial charge in [0.1, 0.15) is 34.1 Å². The standard InChI is InChI=1S/C25H24N4O4/c1-17-26-23(29-10-8-28(9-11-29)16-18-5-3-2-4-6-18)15-24(27-17)33-19-13-21(31)25-20(30)7-12-32-22(25)14-19/h2-7,12-15,31H,8-11,16H2,1H3. The third-order valence-electron chi connectivity index (χ3n) is 5.68. The number of hydrogen-bond acceptors (Lipinski definition) is 8. The SMILES string of the molecule is Cc1nc(Oc2cc(O)c3c(=O)ccoc3c2)cc(N2CCN(Cc3ccccc3)CC2)n1. The Kier molecular flexibility index (Phi) is 5.66. The molecule has 0 aliphatic carbocycles. The van der Waals surface area contributed by atoms with Crippen molar-refractivity contribution in [2.24, 2.45) is 0 Å². The van der Waals surface area contributed by atoms with Gasteiger partial charge in [-0.3, -0.25) is 9.69 Å². The molecule has 1 N–H and O–H groups in total. The molecule has 2 aromatic carbocycles. The van der Waals surface area contributed by atoms with E-state index in [9.17, 15) is 9.90 Å². The zero-order valence-corrected chi connectivity index (χ0v) is 18.3. The number of ether oxygens (including phenoxy) is 1. The van der Waals surface area contributed by atoms with Crippen LogP contribution in [0.15, 0.2) is 70.1 Å². The number of benzene rings is 2. The summed E-state index contributed by atoms with van der Waals surface area (Å²) in [6, 6.07) is 16.5. The second-order valence-electron chi connectivity index (χ2n) is 8.06. The first kappa shape index (κ1) is 21.0. The van der Waals surface area contributed by atoms with Gasteiger partial charge in [-0.1, -0.05) is 30.3 Å². The predicted octanol–water partition coefficient (Wildman–Crippen LogP) is 3.71. The summed E-state index contributed by atoms with van der Waals surface area (Å²) in [5.74, 6) is 1.88. The van der Waals surface area contributed by atoms with Gasteiger partial charge in [-0.2, -0.15) is 4.98 Å². The van der Waals surface area contributed by atoms with Crippen molar-refractivity contribution in [1.29, 1.82) is 0 Å². The lowest BCUT2D eigenvalue weighted by molar-refractivity contribution is 0.249. The summed E-state index contributed by atoms with van der Waals surface area (Å²) in [5, 5.41) is 10.4. The van der Waals surface area contributed by atoms with Crippen LogP contribution in [0.3, 0.4) is 0 Å². The molecule has 8 heteroatoms. The highest BCUT2D eigenvalue weighted by Crippen LogP contribution is 2.31. The van der Waals surface area contributed by atoms with Crippen molar-refractivity contribution >= 4 is 16.8 Å². The van der Waals surface area contributed by atoms with Gasteiger partial charge >= 0.3 is 0 Å². The van der Waals surface area contributed by atoms with Crippen LogP contribution in [0, 0.1) is 6.92 Å². The van der Waals surface area contributed by atoms with E-state index in [0.717, 1.165) is 38.5 Å². The molecule has 1 aliphatic rings. The van der Waals surface area contributed by atoms with Crippen LogP contribution in [0.1, 0.15) is 11.4 Å². The molecule has 2 aromatic heterocycles. The molecule has 0 unspecified atom stereocenters. The molecule has 3 heterocycles. The quantitative estimate of drug-likeness (QED) is 0.498. The minimum atomic E-state index is -0.313. The molecule has 0 radical (unpaired) electrons. The third-order valence-corrected chi connectivity index (χ3v) is 5.68. The van der Waals surface area contributed by atoms with Gasteiger partial charge in [0.2, 0.25) is 5.88 Å². The summed E-state index contributed by atoms with van der Waals surface area (Å²) in [6.07, 6.45) is 1.29. The highest BCUT2D eigenvalue weighted by molar-refractivity contribution is 5.84. The van der Waals surface area contributed by atoms with Crippen molar-refractivity contribution in [1.82, 2.24) is 14.9 Å². The van der Waals surface area contributed by atoms with E-state index < -0.39 is 0 Å². The van der Waals surface area contributed by atoms with E-state index in [-0.39, 0.29) is 22.1 Å². The van der Waals surface area contributed by atoms with E-state index in [1.165, 1.54) is 24.0 Å². The number of aromatic hydroxyl groups is 1. The van der Waals surface area contributed by atoms with E-state index in [4.69, 9.17) is 9.15 Å². The summed E-state index contributed by atoms with van der Waals surface area (Å²) < 4.78 is 11.3. The third kappa shape index (κ3) is 4.65. The Hall–Kier alpha value is -3.91. The van der Waals surface area contributed by atoms with E-state index in [0.29, 0.717) is 17.5 Å². The number of fused-ring (bicyclic) bond motifs is 1. The molecule has 33 heavy (non-hydrogen) atoms. The average molecular weight is 444 g/mol. The van der Waals surface area contributed by atoms with Gasteiger partial charge in [0, 0.05) is 57.0 Å². The van der Waals surface area contributed by atoms with Crippen LogP contribution in [0.2, 0.25) is 0 Å². The Morgan fingerprint density at radius 2 is 1.82 bits per heavy atom. The zero-order chi connectivity index (χ0) is 22.8. The van der Waals surface area contributed by atoms with E-state index in [2.05, 4.69) is 44.0 Å². The fourth-order valence-electron chi connectivity index (χ4n) is 4.07. The molecule has 1 fully saturated rings. The summed E-state index contributed by atoms with van der Waals surface area (Å²) in [6.45, 7) is 6.33. The van der Waals surface area contributed by atoms with Crippen LogP contribution >= 0.6 is 0 Å². The van der Waals surface area contributed by atoms with Crippen molar-refractivity contribution in [2.45, 2.75) is 13.5 Å². The average Bonchev–Trinajstić information content (AvgIpc) is 2.80. The second-order valence-corrected chi connectivity index (χ2v) is 8.06. The Morgan fingerprint density at radius 1 is 1.03 bits per heavy atom. The maximum Gasteiger partial charge on any atom is 0.224 e. The fraction of sp³-hybridized carbons (Fsp3) is 0.240. The Labute approximate surface area is 190 Å². The number of phenolic OH excluding ortho intramolecular Hbond substituents is 1. The Bertz CT molecular complexity index is 1330. The molecule has 1 saturated heterocycles. The molecule has 0 spiro atoms. The molecule has 1 aliphatic heterocycles. The number of nitrogens with zero attached hydrogens (tertiary/aromatic N) is 4. The van der Waals surface area contributed by atoms with Crippen molar-refractivity contribution in [2.75, 3.05) is 31.1 Å². The maximum atomic E-state index is 12.0. The number of rotatable bonds is 5. The number of piperazine rings is 1. The van der Waals surface area contributed by atoms with Crippen molar-refractivity contribution in [3.05, 3.63) is 82.5 Å². The van der Waals surface area contributed by atoms with Crippen molar-refractivity contribution < 1.29 is 14.3 Å². The summed E-state index contributed by atoms with van der Waals surface area (Å²) in [7, 11) is 0. The van der Waals surface area contributed by atoms with Crippen LogP contribution in [-0.2, 0) is 6.54 Å². The van der Waals surface area contributed by atoms with Crippen LogP contribution in [-0.4, -0.2) is 46.2 Å². The number of anilines is 1. The van der Waals surface area contributed by atoms with Gasteiger partial charge in [-0.25, -0.2) is 4.98 Å². The topological polar surface area (TPSA) is 91.9 Å². The normalized spacial score (nSPS) is 14.5. The molecule has 4 aromatic rings. The van der Waals surface area contributed by atoms with Gasteiger partial charge in [0.25, 0.3) is 0 Å². The largest absolute Gasteiger partial charge is 0.507 e. The molecule has 0 atom stereocenters. The molecule has 168 valence electrons. The molecule has 0 saturated carbocycles. The molecular formula is C25H24N4O4. The smallest absolute Gasteiger partial charge is 0.224 e. The van der Waals surface area contributed by atoms with E-state index >= 15 is 0 Å². The lowest BCUT2D eigenvalue weighted by Crippen LogP contribution is -2.46. The minimum absolute atomic E-state index is 0.123. The number of aromatic nitrogens is 2. The van der Waals surface area contributed by atoms with Gasteiger partial charge < -0.3 is 19.2 Å². The highest BCUT2D eigenvalue weighted by Gasteiger charge is 2.20. The number of hydrogen-bond donors (Lipinski definition) is 1. The van der Waals surface area contributed by atoms with E-state index in [1.807, 2.05) is 13.0 Å². The van der Waals surface area contributed by atoms with Crippen LogP contribution in [0.5, 0.6) is 17.4 Å². The predicted molar refractivity (Wildman–Crippen MR) is 125 cm³/mol. The fourth-order valence-corrected chi connectivity index (χ4v) is 4.07. The lowest BCUT2D eigenvalue weighted by Gasteiger charge is -2.35. The van der Waals surface area contributed by atoms with Crippen LogP contribution in [0.4, 0.5) is 5.82 Å². The van der Waals surface area contributed by atoms with E-state index in [1.54, 1.807) is 12.1 Å². The monoisotopic (exact) mass is 444 g/mol. The maximum absolute atomic E-state index is 12.0. The minimum Gasteiger partial charge on any atom is -0.507 e. The molecular weight excluding hydrogens is 420 g/mol. The first-order chi connectivity index (χ1) is 16.0. The lowest BCUT2D eigenvalue weighted by atomic mass is 10.2. The molecule has 0 amide bonds. The zero-order valence-electron chi connectivity index (χ0n) is 18.3. The summed E-state index contributed by atoms with van der Waals surface area (Å²) >= 11 is 0. The number of phenols is 1. The van der Waals surface area contributed by atoms with Crippen molar-refractivity contribution in [3.63, 3.8) is 0 Å². The van der Waals surface area contributed by atoms with Crippen LogP contribution in [0.25, 0.3) is 11.0 Å². The molecule has 0 bridgehead atoms. The van der Waals surface area contributed by atoms with Crippen LogP contribution < -0.4 is 15.1 Å². The molecule has 5 rings (SSSR count).